The second-order valence-corrected chi connectivity index (χ2v) is 5.00. The highest BCUT2D eigenvalue weighted by Gasteiger charge is 2.07. The van der Waals surface area contributed by atoms with Crippen LogP contribution in [0.2, 0.25) is 5.02 Å². The van der Waals surface area contributed by atoms with Gasteiger partial charge in [-0.1, -0.05) is 41.9 Å². The van der Waals surface area contributed by atoms with Crippen LogP contribution in [-0.2, 0) is 4.79 Å². The lowest BCUT2D eigenvalue weighted by Gasteiger charge is -2.14. The van der Waals surface area contributed by atoms with Crippen LogP contribution in [0.15, 0.2) is 54.6 Å². The molecule has 0 radical (unpaired) electrons. The number of anilines is 1. The van der Waals surface area contributed by atoms with E-state index < -0.39 is 0 Å². The molecule has 0 unspecified atom stereocenters. The van der Waals surface area contributed by atoms with Gasteiger partial charge in [-0.3, -0.25) is 4.79 Å². The van der Waals surface area contributed by atoms with Gasteiger partial charge in [-0.15, -0.1) is 0 Å². The number of hydrogen-bond acceptors (Lipinski definition) is 2. The van der Waals surface area contributed by atoms with E-state index in [4.69, 9.17) is 11.6 Å². The fourth-order valence-electron chi connectivity index (χ4n) is 1.84. The number of nitrogens with one attached hydrogen (secondary N) is 2. The van der Waals surface area contributed by atoms with Crippen LogP contribution in [0, 0.1) is 0 Å². The second kappa shape index (κ2) is 7.08. The van der Waals surface area contributed by atoms with Crippen LogP contribution in [0.4, 0.5) is 5.69 Å². The molecule has 0 heterocycles. The molecule has 0 aliphatic heterocycles. The third kappa shape index (κ3) is 4.37. The van der Waals surface area contributed by atoms with Crippen molar-refractivity contribution in [3.63, 3.8) is 0 Å². The Kier molecular flexibility index (Phi) is 5.16. The van der Waals surface area contributed by atoms with E-state index >= 15 is 0 Å². The smallest absolute Gasteiger partial charge is 0.238 e. The summed E-state index contributed by atoms with van der Waals surface area (Å²) >= 11 is 5.79. The summed E-state index contributed by atoms with van der Waals surface area (Å²) in [6, 6.07) is 17.2. The van der Waals surface area contributed by atoms with Crippen LogP contribution in [0.25, 0.3) is 0 Å². The number of hydrogen-bond donors (Lipinski definition) is 2. The summed E-state index contributed by atoms with van der Waals surface area (Å²) in [5.74, 6) is -0.0740. The summed E-state index contributed by atoms with van der Waals surface area (Å²) in [6.45, 7) is 2.30. The molecule has 3 nitrogen and oxygen atoms in total. The van der Waals surface area contributed by atoms with Gasteiger partial charge in [0, 0.05) is 16.8 Å². The number of benzene rings is 2. The molecular formula is C16H17ClN2O. The average molecular weight is 289 g/mol. The lowest BCUT2D eigenvalue weighted by atomic mass is 10.1. The Morgan fingerprint density at radius 1 is 1.10 bits per heavy atom. The van der Waals surface area contributed by atoms with Crippen LogP contribution >= 0.6 is 11.6 Å². The molecule has 20 heavy (non-hydrogen) atoms. The maximum Gasteiger partial charge on any atom is 0.238 e. The van der Waals surface area contributed by atoms with Crippen molar-refractivity contribution in [2.75, 3.05) is 11.9 Å². The first-order chi connectivity index (χ1) is 9.65. The van der Waals surface area contributed by atoms with Crippen molar-refractivity contribution in [3.05, 3.63) is 65.2 Å². The largest absolute Gasteiger partial charge is 0.325 e. The van der Waals surface area contributed by atoms with Crippen LogP contribution in [-0.4, -0.2) is 12.5 Å². The Hall–Kier alpha value is -1.84. The minimum atomic E-state index is -0.0740. The summed E-state index contributed by atoms with van der Waals surface area (Å²) in [5.41, 5.74) is 1.90. The molecule has 0 saturated carbocycles. The van der Waals surface area contributed by atoms with Gasteiger partial charge in [0.1, 0.15) is 0 Å². The number of halogens is 1. The molecule has 0 fully saturated rings. The first-order valence-electron chi connectivity index (χ1n) is 6.49. The zero-order valence-corrected chi connectivity index (χ0v) is 12.0. The van der Waals surface area contributed by atoms with Gasteiger partial charge < -0.3 is 10.6 Å². The fourth-order valence-corrected chi connectivity index (χ4v) is 1.97. The van der Waals surface area contributed by atoms with E-state index in [1.54, 1.807) is 24.3 Å². The number of rotatable bonds is 5. The maximum atomic E-state index is 11.8. The molecule has 0 bridgehead atoms. The summed E-state index contributed by atoms with van der Waals surface area (Å²) in [4.78, 5) is 11.8. The van der Waals surface area contributed by atoms with Crippen LogP contribution in [0.1, 0.15) is 18.5 Å². The molecule has 0 aliphatic rings. The lowest BCUT2D eigenvalue weighted by Crippen LogP contribution is -2.30. The van der Waals surface area contributed by atoms with Gasteiger partial charge in [0.25, 0.3) is 0 Å². The predicted octanol–water partition coefficient (Wildman–Crippen LogP) is 3.63. The molecule has 2 aromatic carbocycles. The molecule has 0 aliphatic carbocycles. The Labute approximate surface area is 124 Å². The lowest BCUT2D eigenvalue weighted by molar-refractivity contribution is -0.115. The van der Waals surface area contributed by atoms with Gasteiger partial charge >= 0.3 is 0 Å². The molecule has 0 aromatic heterocycles. The van der Waals surface area contributed by atoms with Gasteiger partial charge in [0.15, 0.2) is 0 Å². The average Bonchev–Trinajstić information content (AvgIpc) is 2.48. The molecular weight excluding hydrogens is 272 g/mol. The fraction of sp³-hybridized carbons (Fsp3) is 0.188. The topological polar surface area (TPSA) is 41.1 Å². The van der Waals surface area contributed by atoms with Crippen molar-refractivity contribution in [2.45, 2.75) is 13.0 Å². The summed E-state index contributed by atoms with van der Waals surface area (Å²) in [5, 5.41) is 6.66. The van der Waals surface area contributed by atoms with Crippen LogP contribution in [0.3, 0.4) is 0 Å². The molecule has 2 N–H and O–H groups in total. The van der Waals surface area contributed by atoms with Crippen molar-refractivity contribution in [1.82, 2.24) is 5.32 Å². The maximum absolute atomic E-state index is 11.8. The standard InChI is InChI=1S/C16H17ClN2O/c1-12(13-5-3-2-4-6-13)18-11-16(20)19-15-9-7-14(17)8-10-15/h2-10,12,18H,11H2,1H3,(H,19,20)/t12-/m1/s1. The summed E-state index contributed by atoms with van der Waals surface area (Å²) in [6.07, 6.45) is 0. The van der Waals surface area contributed by atoms with E-state index in [0.29, 0.717) is 5.02 Å². The number of carbonyl (C=O) groups is 1. The normalized spacial score (nSPS) is 11.9. The zero-order valence-electron chi connectivity index (χ0n) is 11.3. The van der Waals surface area contributed by atoms with Gasteiger partial charge in [0.05, 0.1) is 6.54 Å². The molecule has 0 saturated heterocycles. The molecule has 2 rings (SSSR count). The first-order valence-corrected chi connectivity index (χ1v) is 6.86. The zero-order chi connectivity index (χ0) is 14.4. The molecule has 2 aromatic rings. The number of carbonyl (C=O) groups excluding carboxylic acids is 1. The highest BCUT2D eigenvalue weighted by molar-refractivity contribution is 6.30. The predicted molar refractivity (Wildman–Crippen MR) is 82.9 cm³/mol. The van der Waals surface area contributed by atoms with E-state index in [-0.39, 0.29) is 18.5 Å². The Bertz CT molecular complexity index is 554. The van der Waals surface area contributed by atoms with E-state index in [2.05, 4.69) is 10.6 Å². The van der Waals surface area contributed by atoms with Gasteiger partial charge in [-0.05, 0) is 36.8 Å². The quantitative estimate of drug-likeness (QED) is 0.882. The van der Waals surface area contributed by atoms with E-state index in [0.717, 1.165) is 11.3 Å². The Morgan fingerprint density at radius 2 is 1.75 bits per heavy atom. The SMILES string of the molecule is C[C@@H](NCC(=O)Nc1ccc(Cl)cc1)c1ccccc1. The molecule has 104 valence electrons. The van der Waals surface area contributed by atoms with Crippen molar-refractivity contribution in [2.24, 2.45) is 0 Å². The monoisotopic (exact) mass is 288 g/mol. The molecule has 4 heteroatoms. The summed E-state index contributed by atoms with van der Waals surface area (Å²) in [7, 11) is 0. The highest BCUT2D eigenvalue weighted by Crippen LogP contribution is 2.13. The van der Waals surface area contributed by atoms with E-state index in [9.17, 15) is 4.79 Å². The summed E-state index contributed by atoms with van der Waals surface area (Å²) < 4.78 is 0. The third-order valence-electron chi connectivity index (χ3n) is 3.00. The second-order valence-electron chi connectivity index (χ2n) is 4.57. The van der Waals surface area contributed by atoms with Crippen molar-refractivity contribution >= 4 is 23.2 Å². The third-order valence-corrected chi connectivity index (χ3v) is 3.25. The first kappa shape index (κ1) is 14.6. The Balaban J connectivity index is 1.82. The van der Waals surface area contributed by atoms with Crippen molar-refractivity contribution in [1.29, 1.82) is 0 Å². The molecule has 1 amide bonds. The van der Waals surface area contributed by atoms with E-state index in [1.165, 1.54) is 0 Å². The molecule has 1 atom stereocenters. The molecule has 0 spiro atoms. The van der Waals surface area contributed by atoms with Gasteiger partial charge in [0.2, 0.25) is 5.91 Å². The van der Waals surface area contributed by atoms with Crippen LogP contribution in [0.5, 0.6) is 0 Å². The van der Waals surface area contributed by atoms with Gasteiger partial charge in [-0.25, -0.2) is 0 Å². The van der Waals surface area contributed by atoms with Crippen molar-refractivity contribution in [3.8, 4) is 0 Å². The minimum absolute atomic E-state index is 0.0740. The van der Waals surface area contributed by atoms with Crippen molar-refractivity contribution < 1.29 is 4.79 Å². The number of amides is 1. The highest BCUT2D eigenvalue weighted by atomic mass is 35.5. The Morgan fingerprint density at radius 3 is 2.40 bits per heavy atom. The van der Waals surface area contributed by atoms with E-state index in [1.807, 2.05) is 37.3 Å². The van der Waals surface area contributed by atoms with Crippen LogP contribution < -0.4 is 10.6 Å². The van der Waals surface area contributed by atoms with Gasteiger partial charge in [-0.2, -0.15) is 0 Å². The minimum Gasteiger partial charge on any atom is -0.325 e.